The van der Waals surface area contributed by atoms with Crippen molar-refractivity contribution in [1.29, 1.82) is 0 Å². The zero-order valence-corrected chi connectivity index (χ0v) is 25.4. The number of hydrogen-bond donors (Lipinski definition) is 0. The fourth-order valence-corrected chi connectivity index (χ4v) is 4.96. The van der Waals surface area contributed by atoms with Crippen molar-refractivity contribution < 1.29 is 9.47 Å². The fraction of sp³-hybridized carbons (Fsp3) is 0.351. The quantitative estimate of drug-likeness (QED) is 0.219. The van der Waals surface area contributed by atoms with E-state index in [1.807, 2.05) is 27.7 Å². The van der Waals surface area contributed by atoms with Crippen LogP contribution in [0.3, 0.4) is 0 Å². The highest BCUT2D eigenvalue weighted by Gasteiger charge is 2.37. The van der Waals surface area contributed by atoms with E-state index < -0.39 is 0 Å². The molecular formula is C37H44O2. The molecule has 0 saturated carbocycles. The number of benzene rings is 5. The average Bonchev–Trinajstić information content (AvgIpc) is 2.92. The molecule has 0 amide bonds. The van der Waals surface area contributed by atoms with Gasteiger partial charge < -0.3 is 9.47 Å². The number of rotatable bonds is 4. The van der Waals surface area contributed by atoms with E-state index in [-0.39, 0.29) is 16.6 Å². The summed E-state index contributed by atoms with van der Waals surface area (Å²) in [7, 11) is 3.39. The Labute approximate surface area is 235 Å². The third-order valence-electron chi connectivity index (χ3n) is 8.49. The molecule has 0 aliphatic rings. The van der Waals surface area contributed by atoms with Gasteiger partial charge in [-0.3, -0.25) is 0 Å². The molecule has 5 aromatic rings. The Kier molecular flexibility index (Phi) is 7.94. The van der Waals surface area contributed by atoms with E-state index in [9.17, 15) is 0 Å². The lowest BCUT2D eigenvalue weighted by Gasteiger charge is -2.38. The predicted molar refractivity (Wildman–Crippen MR) is 170 cm³/mol. The topological polar surface area (TPSA) is 18.5 Å². The van der Waals surface area contributed by atoms with Crippen molar-refractivity contribution in [3.63, 3.8) is 0 Å². The molecule has 39 heavy (non-hydrogen) atoms. The number of methoxy groups -OCH3 is 2. The smallest absolute Gasteiger partial charge is 0.0905 e. The Morgan fingerprint density at radius 1 is 0.462 bits per heavy atom. The highest BCUT2D eigenvalue weighted by molar-refractivity contribution is 6.25. The Balaban J connectivity index is 0.000000303. The highest BCUT2D eigenvalue weighted by Crippen LogP contribution is 2.38. The van der Waals surface area contributed by atoms with Crippen LogP contribution in [0.5, 0.6) is 0 Å². The number of hydrogen-bond acceptors (Lipinski definition) is 2. The molecule has 0 aromatic heterocycles. The van der Waals surface area contributed by atoms with E-state index >= 15 is 0 Å². The second-order valence-electron chi connectivity index (χ2n) is 12.6. The standard InChI is InChI=1S/C29H26.C8H18O2/c1-19-15-21(17-22(16-19)29(2,3)4)20-13-14-27-25-11-6-5-9-23(25)24-10-7-8-12-26(24)28(27)18-20;1-7(2,9-5)8(3,4)10-6/h5-18H,1-4H3;1-6H3. The zero-order valence-electron chi connectivity index (χ0n) is 25.4. The molecule has 204 valence electrons. The summed E-state index contributed by atoms with van der Waals surface area (Å²) in [6, 6.07) is 31.5. The van der Waals surface area contributed by atoms with Crippen molar-refractivity contribution in [2.75, 3.05) is 14.2 Å². The normalized spacial score (nSPS) is 12.6. The number of aryl methyl sites for hydroxylation is 1. The van der Waals surface area contributed by atoms with E-state index in [1.165, 1.54) is 54.6 Å². The summed E-state index contributed by atoms with van der Waals surface area (Å²) in [6.45, 7) is 17.1. The van der Waals surface area contributed by atoms with E-state index in [0.29, 0.717) is 0 Å². The van der Waals surface area contributed by atoms with Gasteiger partial charge in [0.25, 0.3) is 0 Å². The molecule has 0 saturated heterocycles. The van der Waals surface area contributed by atoms with Gasteiger partial charge in [-0.2, -0.15) is 0 Å². The molecule has 5 aromatic carbocycles. The van der Waals surface area contributed by atoms with E-state index in [1.54, 1.807) is 14.2 Å². The van der Waals surface area contributed by atoms with Gasteiger partial charge in [0.05, 0.1) is 11.2 Å². The molecular weight excluding hydrogens is 476 g/mol. The molecule has 0 aliphatic carbocycles. The summed E-state index contributed by atoms with van der Waals surface area (Å²) in [5.41, 5.74) is 4.96. The van der Waals surface area contributed by atoms with Gasteiger partial charge in [0, 0.05) is 14.2 Å². The molecule has 0 fully saturated rings. The van der Waals surface area contributed by atoms with Crippen molar-refractivity contribution in [1.82, 2.24) is 0 Å². The van der Waals surface area contributed by atoms with Crippen LogP contribution in [0.4, 0.5) is 0 Å². The van der Waals surface area contributed by atoms with E-state index in [4.69, 9.17) is 9.47 Å². The van der Waals surface area contributed by atoms with Gasteiger partial charge >= 0.3 is 0 Å². The summed E-state index contributed by atoms with van der Waals surface area (Å²) in [5, 5.41) is 7.96. The predicted octanol–water partition coefficient (Wildman–Crippen LogP) is 10.3. The Morgan fingerprint density at radius 3 is 1.33 bits per heavy atom. The lowest BCUT2D eigenvalue weighted by molar-refractivity contribution is -0.147. The second-order valence-corrected chi connectivity index (χ2v) is 12.6. The maximum Gasteiger partial charge on any atom is 0.0905 e. The average molecular weight is 521 g/mol. The van der Waals surface area contributed by atoms with E-state index in [2.05, 4.69) is 113 Å². The maximum atomic E-state index is 5.27. The van der Waals surface area contributed by atoms with Crippen LogP contribution < -0.4 is 0 Å². The molecule has 0 heterocycles. The first-order chi connectivity index (χ1) is 18.3. The van der Waals surface area contributed by atoms with Gasteiger partial charge in [0.2, 0.25) is 0 Å². The molecule has 0 aliphatic heterocycles. The van der Waals surface area contributed by atoms with Gasteiger partial charge in [0.15, 0.2) is 0 Å². The van der Waals surface area contributed by atoms with Crippen molar-refractivity contribution in [2.45, 2.75) is 72.0 Å². The lowest BCUT2D eigenvalue weighted by atomic mass is 9.84. The summed E-state index contributed by atoms with van der Waals surface area (Å²) >= 11 is 0. The van der Waals surface area contributed by atoms with Crippen molar-refractivity contribution >= 4 is 32.3 Å². The molecule has 0 spiro atoms. The Hall–Kier alpha value is -3.20. The molecule has 0 radical (unpaired) electrons. The fourth-order valence-electron chi connectivity index (χ4n) is 4.96. The van der Waals surface area contributed by atoms with Crippen molar-refractivity contribution in [3.8, 4) is 11.1 Å². The third kappa shape index (κ3) is 5.73. The third-order valence-corrected chi connectivity index (χ3v) is 8.49. The summed E-state index contributed by atoms with van der Waals surface area (Å²) < 4.78 is 10.5. The lowest BCUT2D eigenvalue weighted by Crippen LogP contribution is -2.48. The van der Waals surface area contributed by atoms with Crippen LogP contribution in [0.1, 0.15) is 59.6 Å². The first kappa shape index (κ1) is 28.8. The summed E-state index contributed by atoms with van der Waals surface area (Å²) in [5.74, 6) is 0. The van der Waals surface area contributed by atoms with Gasteiger partial charge in [-0.25, -0.2) is 0 Å². The van der Waals surface area contributed by atoms with Crippen LogP contribution in [-0.2, 0) is 14.9 Å². The van der Waals surface area contributed by atoms with Gasteiger partial charge in [-0.1, -0.05) is 105 Å². The maximum absolute atomic E-state index is 5.27. The Bertz CT molecular complexity index is 1570. The molecule has 0 N–H and O–H groups in total. The largest absolute Gasteiger partial charge is 0.376 e. The zero-order chi connectivity index (χ0) is 28.6. The first-order valence-corrected chi connectivity index (χ1v) is 13.8. The summed E-state index contributed by atoms with van der Waals surface area (Å²) in [6.07, 6.45) is 0. The van der Waals surface area contributed by atoms with Gasteiger partial charge in [0.1, 0.15) is 0 Å². The number of ether oxygens (including phenoxy) is 2. The number of fused-ring (bicyclic) bond motifs is 6. The van der Waals surface area contributed by atoms with Crippen LogP contribution in [0.15, 0.2) is 84.9 Å². The molecule has 0 bridgehead atoms. The van der Waals surface area contributed by atoms with Crippen LogP contribution in [0.2, 0.25) is 0 Å². The molecule has 0 atom stereocenters. The van der Waals surface area contributed by atoms with E-state index in [0.717, 1.165) is 0 Å². The van der Waals surface area contributed by atoms with Crippen LogP contribution >= 0.6 is 0 Å². The molecule has 2 heteroatoms. The van der Waals surface area contributed by atoms with Gasteiger partial charge in [-0.15, -0.1) is 0 Å². The van der Waals surface area contributed by atoms with Crippen LogP contribution in [0, 0.1) is 6.92 Å². The minimum atomic E-state index is -0.234. The van der Waals surface area contributed by atoms with Crippen molar-refractivity contribution in [2.24, 2.45) is 0 Å². The minimum absolute atomic E-state index is 0.139. The van der Waals surface area contributed by atoms with Gasteiger partial charge in [-0.05, 0) is 95.1 Å². The first-order valence-electron chi connectivity index (χ1n) is 13.8. The summed E-state index contributed by atoms with van der Waals surface area (Å²) in [4.78, 5) is 0. The SMILES string of the molecule is COC(C)(C)C(C)(C)OC.Cc1cc(-c2ccc3c4ccccc4c4ccccc4c3c2)cc(C(C)(C)C)c1. The van der Waals surface area contributed by atoms with Crippen LogP contribution in [0.25, 0.3) is 43.4 Å². The van der Waals surface area contributed by atoms with Crippen LogP contribution in [-0.4, -0.2) is 25.4 Å². The molecule has 5 rings (SSSR count). The minimum Gasteiger partial charge on any atom is -0.376 e. The molecule has 2 nitrogen and oxygen atoms in total. The van der Waals surface area contributed by atoms with Crippen molar-refractivity contribution in [3.05, 3.63) is 96.1 Å². The highest BCUT2D eigenvalue weighted by atomic mass is 16.5. The second kappa shape index (κ2) is 10.8. The molecule has 0 unspecified atom stereocenters. The Morgan fingerprint density at radius 2 is 0.897 bits per heavy atom. The monoisotopic (exact) mass is 520 g/mol.